The van der Waals surface area contributed by atoms with Gasteiger partial charge in [-0.15, -0.1) is 0 Å². The molecule has 2 aromatic carbocycles. The van der Waals surface area contributed by atoms with Crippen molar-refractivity contribution in [3.05, 3.63) is 69.6 Å². The van der Waals surface area contributed by atoms with Crippen molar-refractivity contribution in [2.24, 2.45) is 0 Å². The van der Waals surface area contributed by atoms with Crippen LogP contribution in [0.25, 0.3) is 22.3 Å². The van der Waals surface area contributed by atoms with E-state index in [9.17, 15) is 8.42 Å². The highest BCUT2D eigenvalue weighted by Crippen LogP contribution is 2.37. The van der Waals surface area contributed by atoms with Crippen molar-refractivity contribution < 1.29 is 17.7 Å². The maximum atomic E-state index is 11.4. The Hall–Kier alpha value is -2.49. The van der Waals surface area contributed by atoms with Crippen molar-refractivity contribution in [1.29, 1.82) is 0 Å². The van der Waals surface area contributed by atoms with Crippen molar-refractivity contribution in [3.63, 3.8) is 0 Å². The minimum absolute atomic E-state index is 0.0843. The Kier molecular flexibility index (Phi) is 4.76. The van der Waals surface area contributed by atoms with Gasteiger partial charge in [-0.25, -0.2) is 8.42 Å². The average molecular weight is 488 g/mol. The van der Waals surface area contributed by atoms with E-state index in [1.165, 1.54) is 10.9 Å². The van der Waals surface area contributed by atoms with Crippen LogP contribution in [-0.2, 0) is 26.7 Å². The summed E-state index contributed by atoms with van der Waals surface area (Å²) >= 11 is 3.55. The van der Waals surface area contributed by atoms with E-state index in [0.29, 0.717) is 12.4 Å². The van der Waals surface area contributed by atoms with Gasteiger partial charge in [0.15, 0.2) is 9.84 Å². The van der Waals surface area contributed by atoms with Crippen molar-refractivity contribution in [1.82, 2.24) is 15.1 Å². The lowest BCUT2D eigenvalue weighted by atomic mass is 9.97. The minimum atomic E-state index is -3.23. The number of aromatic amines is 1. The number of hydrogen-bond acceptors (Lipinski definition) is 6. The van der Waals surface area contributed by atoms with Crippen LogP contribution < -0.4 is 0 Å². The summed E-state index contributed by atoms with van der Waals surface area (Å²) in [7, 11) is -3.23. The van der Waals surface area contributed by atoms with Gasteiger partial charge in [0, 0.05) is 27.2 Å². The Morgan fingerprint density at radius 3 is 2.77 bits per heavy atom. The van der Waals surface area contributed by atoms with Gasteiger partial charge in [-0.2, -0.15) is 4.98 Å². The summed E-state index contributed by atoms with van der Waals surface area (Å²) in [5, 5.41) is 5.11. The largest absolute Gasteiger partial charge is 0.367 e. The van der Waals surface area contributed by atoms with Gasteiger partial charge in [-0.1, -0.05) is 45.4 Å². The van der Waals surface area contributed by atoms with E-state index in [4.69, 9.17) is 9.26 Å². The Morgan fingerprint density at radius 2 is 2.00 bits per heavy atom. The first-order valence-corrected chi connectivity index (χ1v) is 12.2. The molecule has 2 aromatic heterocycles. The lowest BCUT2D eigenvalue weighted by Crippen LogP contribution is -2.16. The first-order valence-electron chi connectivity index (χ1n) is 9.39. The topological polar surface area (TPSA) is 98.1 Å². The molecule has 1 atom stereocenters. The summed E-state index contributed by atoms with van der Waals surface area (Å²) < 4.78 is 35.0. The Morgan fingerprint density at radius 1 is 1.20 bits per heavy atom. The number of aromatic nitrogens is 3. The van der Waals surface area contributed by atoms with E-state index in [-0.39, 0.29) is 17.7 Å². The first kappa shape index (κ1) is 19.5. The normalized spacial score (nSPS) is 16.7. The molecule has 0 saturated carbocycles. The lowest BCUT2D eigenvalue weighted by molar-refractivity contribution is 0.0677. The van der Waals surface area contributed by atoms with Gasteiger partial charge >= 0.3 is 0 Å². The van der Waals surface area contributed by atoms with Crippen LogP contribution in [0.3, 0.4) is 0 Å². The first-order chi connectivity index (χ1) is 14.4. The quantitative estimate of drug-likeness (QED) is 0.463. The number of ether oxygens (including phenoxy) is 1. The van der Waals surface area contributed by atoms with Crippen LogP contribution in [0.5, 0.6) is 0 Å². The van der Waals surface area contributed by atoms with Gasteiger partial charge in [0.2, 0.25) is 11.7 Å². The van der Waals surface area contributed by atoms with Crippen LogP contribution in [0.2, 0.25) is 0 Å². The molecule has 3 heterocycles. The second kappa shape index (κ2) is 7.33. The standard InChI is InChI=1S/C21H18BrN3O4S/c1-30(26,27)11-18-24-21(25-29-18)13-4-2-12(3-5-13)20-19-15(8-9-28-20)16-10-14(22)6-7-17(16)23-19/h2-7,10,20,23H,8-9,11H2,1H3. The zero-order valence-corrected chi connectivity index (χ0v) is 18.5. The van der Waals surface area contributed by atoms with Crippen LogP contribution in [0.15, 0.2) is 51.5 Å². The summed E-state index contributed by atoms with van der Waals surface area (Å²) in [6.07, 6.45) is 1.82. The van der Waals surface area contributed by atoms with E-state index >= 15 is 0 Å². The molecule has 0 fully saturated rings. The van der Waals surface area contributed by atoms with E-state index in [2.05, 4.69) is 43.2 Å². The zero-order chi connectivity index (χ0) is 20.9. The van der Waals surface area contributed by atoms with E-state index in [1.807, 2.05) is 30.3 Å². The Bertz CT molecular complexity index is 1340. The number of halogens is 1. The summed E-state index contributed by atoms with van der Waals surface area (Å²) in [4.78, 5) is 7.70. The molecule has 0 bridgehead atoms. The highest BCUT2D eigenvalue weighted by molar-refractivity contribution is 9.10. The van der Waals surface area contributed by atoms with Crippen LogP contribution in [-0.4, -0.2) is 36.4 Å². The number of nitrogens with zero attached hydrogens (tertiary/aromatic N) is 2. The third-order valence-electron chi connectivity index (χ3n) is 5.13. The minimum Gasteiger partial charge on any atom is -0.367 e. The number of rotatable bonds is 4. The number of nitrogens with one attached hydrogen (secondary N) is 1. The van der Waals surface area contributed by atoms with Crippen molar-refractivity contribution in [2.75, 3.05) is 12.9 Å². The zero-order valence-electron chi connectivity index (χ0n) is 16.1. The summed E-state index contributed by atoms with van der Waals surface area (Å²) in [6.45, 7) is 0.651. The van der Waals surface area contributed by atoms with Gasteiger partial charge in [0.25, 0.3) is 0 Å². The van der Waals surface area contributed by atoms with Crippen molar-refractivity contribution in [3.8, 4) is 11.4 Å². The highest BCUT2D eigenvalue weighted by Gasteiger charge is 2.26. The summed E-state index contributed by atoms with van der Waals surface area (Å²) in [6, 6.07) is 14.0. The number of hydrogen-bond donors (Lipinski definition) is 1. The molecule has 154 valence electrons. The molecule has 30 heavy (non-hydrogen) atoms. The fourth-order valence-electron chi connectivity index (χ4n) is 3.82. The Labute approximate surface area is 181 Å². The van der Waals surface area contributed by atoms with Crippen molar-refractivity contribution >= 4 is 36.7 Å². The lowest BCUT2D eigenvalue weighted by Gasteiger charge is -2.24. The molecule has 0 radical (unpaired) electrons. The van der Waals surface area contributed by atoms with Crippen LogP contribution in [0.1, 0.15) is 28.8 Å². The van der Waals surface area contributed by atoms with E-state index in [1.54, 1.807) is 0 Å². The van der Waals surface area contributed by atoms with Crippen molar-refractivity contribution in [2.45, 2.75) is 18.3 Å². The molecule has 0 saturated heterocycles. The van der Waals surface area contributed by atoms with Gasteiger partial charge in [-0.05, 0) is 35.7 Å². The summed E-state index contributed by atoms with van der Waals surface area (Å²) in [5.41, 5.74) is 5.23. The molecule has 7 nitrogen and oxygen atoms in total. The van der Waals surface area contributed by atoms with Crippen LogP contribution in [0, 0.1) is 0 Å². The third-order valence-corrected chi connectivity index (χ3v) is 6.39. The molecule has 1 unspecified atom stereocenters. The third kappa shape index (κ3) is 3.68. The SMILES string of the molecule is CS(=O)(=O)Cc1nc(-c2ccc(C3OCCc4c3[nH]c3ccc(Br)cc43)cc2)no1. The fourth-order valence-corrected chi connectivity index (χ4v) is 4.75. The molecule has 9 heteroatoms. The average Bonchev–Trinajstić information content (AvgIpc) is 3.31. The molecule has 5 rings (SSSR count). The predicted molar refractivity (Wildman–Crippen MR) is 116 cm³/mol. The number of H-pyrrole nitrogens is 1. The number of fused-ring (bicyclic) bond motifs is 3. The monoisotopic (exact) mass is 487 g/mol. The number of benzene rings is 2. The van der Waals surface area contributed by atoms with Crippen LogP contribution in [0.4, 0.5) is 0 Å². The molecule has 1 aliphatic heterocycles. The number of sulfone groups is 1. The Balaban J connectivity index is 1.45. The second-order valence-corrected chi connectivity index (χ2v) is 10.5. The molecular formula is C21H18BrN3O4S. The summed E-state index contributed by atoms with van der Waals surface area (Å²) in [5.74, 6) is 0.176. The van der Waals surface area contributed by atoms with Gasteiger partial charge < -0.3 is 14.2 Å². The fraction of sp³-hybridized carbons (Fsp3) is 0.238. The molecule has 0 amide bonds. The maximum absolute atomic E-state index is 11.4. The second-order valence-electron chi connectivity index (χ2n) is 7.41. The molecule has 1 aliphatic rings. The van der Waals surface area contributed by atoms with Gasteiger partial charge in [0.05, 0.1) is 12.3 Å². The van der Waals surface area contributed by atoms with Gasteiger partial charge in [0.1, 0.15) is 11.9 Å². The molecule has 0 aliphatic carbocycles. The van der Waals surface area contributed by atoms with Gasteiger partial charge in [-0.3, -0.25) is 0 Å². The maximum Gasteiger partial charge on any atom is 0.242 e. The van der Waals surface area contributed by atoms with E-state index in [0.717, 1.165) is 39.5 Å². The molecular weight excluding hydrogens is 470 g/mol. The molecule has 4 aromatic rings. The van der Waals surface area contributed by atoms with E-state index < -0.39 is 9.84 Å². The smallest absolute Gasteiger partial charge is 0.242 e. The predicted octanol–water partition coefficient (Wildman–Crippen LogP) is 4.19. The van der Waals surface area contributed by atoms with Crippen LogP contribution >= 0.6 is 15.9 Å². The molecule has 0 spiro atoms. The highest BCUT2D eigenvalue weighted by atomic mass is 79.9. The molecule has 1 N–H and O–H groups in total.